The van der Waals surface area contributed by atoms with Crippen LogP contribution in [0.5, 0.6) is 5.75 Å². The monoisotopic (exact) mass is 495 g/mol. The standard InChI is InChI=1S/C30H29N3O4/c1-31-25-13-6-5-12-24(25)27(28(31)20-8-7-9-21(18-20)36-2)29-22-10-3-4-11-23(22)30(35)33(29)19-26(34)32-14-16-37-17-15-32/h3-13,18,29H,14-17,19H2,1-2H3/t29-/m0/s1. The van der Waals surface area contributed by atoms with Crippen LogP contribution in [-0.4, -0.2) is 66.1 Å². The van der Waals surface area contributed by atoms with Crippen LogP contribution < -0.4 is 4.74 Å². The number of aromatic nitrogens is 1. The number of methoxy groups -OCH3 is 1. The van der Waals surface area contributed by atoms with Crippen molar-refractivity contribution in [3.63, 3.8) is 0 Å². The van der Waals surface area contributed by atoms with E-state index in [0.29, 0.717) is 31.9 Å². The number of carbonyl (C=O) groups excluding carboxylic acids is 2. The van der Waals surface area contributed by atoms with Crippen molar-refractivity contribution in [1.29, 1.82) is 0 Å². The zero-order valence-electron chi connectivity index (χ0n) is 21.0. The van der Waals surface area contributed by atoms with Crippen LogP contribution in [0.2, 0.25) is 0 Å². The molecule has 0 aliphatic carbocycles. The van der Waals surface area contributed by atoms with Crippen LogP contribution in [-0.2, 0) is 16.6 Å². The zero-order valence-corrected chi connectivity index (χ0v) is 21.0. The summed E-state index contributed by atoms with van der Waals surface area (Å²) in [6.07, 6.45) is 0. The largest absolute Gasteiger partial charge is 0.497 e. The molecule has 6 rings (SSSR count). The minimum atomic E-state index is -0.402. The fourth-order valence-corrected chi connectivity index (χ4v) is 5.72. The van der Waals surface area contributed by atoms with Gasteiger partial charge in [0.2, 0.25) is 5.91 Å². The predicted octanol–water partition coefficient (Wildman–Crippen LogP) is 4.26. The molecule has 3 heterocycles. The van der Waals surface area contributed by atoms with E-state index in [9.17, 15) is 9.59 Å². The smallest absolute Gasteiger partial charge is 0.255 e. The lowest BCUT2D eigenvalue weighted by Gasteiger charge is -2.31. The van der Waals surface area contributed by atoms with Gasteiger partial charge in [0.25, 0.3) is 5.91 Å². The molecule has 1 fully saturated rings. The number of morpholine rings is 1. The van der Waals surface area contributed by atoms with Crippen molar-refractivity contribution in [2.24, 2.45) is 7.05 Å². The number of fused-ring (bicyclic) bond motifs is 2. The number of amides is 2. The molecular formula is C30H29N3O4. The van der Waals surface area contributed by atoms with E-state index in [-0.39, 0.29) is 18.4 Å². The number of para-hydroxylation sites is 1. The number of benzene rings is 3. The summed E-state index contributed by atoms with van der Waals surface area (Å²) in [5.41, 5.74) is 5.63. The van der Waals surface area contributed by atoms with Gasteiger partial charge in [-0.25, -0.2) is 0 Å². The van der Waals surface area contributed by atoms with Crippen molar-refractivity contribution in [3.8, 4) is 17.0 Å². The minimum Gasteiger partial charge on any atom is -0.497 e. The first-order valence-corrected chi connectivity index (χ1v) is 12.6. The summed E-state index contributed by atoms with van der Waals surface area (Å²) in [6, 6.07) is 23.5. The molecule has 2 aliphatic heterocycles. The van der Waals surface area contributed by atoms with E-state index in [1.807, 2.05) is 61.6 Å². The molecule has 2 aliphatic rings. The molecule has 188 valence electrons. The summed E-state index contributed by atoms with van der Waals surface area (Å²) in [6.45, 7) is 2.14. The summed E-state index contributed by atoms with van der Waals surface area (Å²) in [5, 5.41) is 1.06. The molecule has 1 aromatic heterocycles. The Morgan fingerprint density at radius 3 is 2.57 bits per heavy atom. The molecular weight excluding hydrogens is 466 g/mol. The maximum atomic E-state index is 13.8. The first-order valence-electron chi connectivity index (χ1n) is 12.6. The van der Waals surface area contributed by atoms with Gasteiger partial charge in [0.15, 0.2) is 0 Å². The maximum Gasteiger partial charge on any atom is 0.255 e. The molecule has 0 bridgehead atoms. The second-order valence-corrected chi connectivity index (χ2v) is 9.49. The lowest BCUT2D eigenvalue weighted by atomic mass is 9.93. The van der Waals surface area contributed by atoms with Crippen LogP contribution in [0.25, 0.3) is 22.2 Å². The number of nitrogens with zero attached hydrogens (tertiary/aromatic N) is 3. The Balaban J connectivity index is 1.55. The zero-order chi connectivity index (χ0) is 25.5. The molecule has 0 saturated carbocycles. The Hall–Kier alpha value is -4.10. The molecule has 0 radical (unpaired) electrons. The van der Waals surface area contributed by atoms with Crippen LogP contribution in [0, 0.1) is 0 Å². The Morgan fingerprint density at radius 2 is 1.76 bits per heavy atom. The third-order valence-corrected chi connectivity index (χ3v) is 7.49. The molecule has 1 saturated heterocycles. The average molecular weight is 496 g/mol. The van der Waals surface area contributed by atoms with Gasteiger partial charge < -0.3 is 23.8 Å². The maximum absolute atomic E-state index is 13.8. The highest BCUT2D eigenvalue weighted by Gasteiger charge is 2.42. The van der Waals surface area contributed by atoms with E-state index in [0.717, 1.165) is 39.0 Å². The highest BCUT2D eigenvalue weighted by atomic mass is 16.5. The van der Waals surface area contributed by atoms with Gasteiger partial charge in [-0.05, 0) is 29.8 Å². The number of ether oxygens (including phenoxy) is 2. The van der Waals surface area contributed by atoms with Crippen molar-refractivity contribution >= 4 is 22.7 Å². The van der Waals surface area contributed by atoms with Gasteiger partial charge in [0.1, 0.15) is 12.3 Å². The molecule has 4 aromatic rings. The summed E-state index contributed by atoms with van der Waals surface area (Å²) < 4.78 is 13.1. The average Bonchev–Trinajstić information content (AvgIpc) is 3.39. The van der Waals surface area contributed by atoms with Crippen LogP contribution in [0.3, 0.4) is 0 Å². The van der Waals surface area contributed by atoms with Crippen LogP contribution in [0.1, 0.15) is 27.5 Å². The van der Waals surface area contributed by atoms with E-state index in [2.05, 4.69) is 22.8 Å². The fourth-order valence-electron chi connectivity index (χ4n) is 5.72. The van der Waals surface area contributed by atoms with Crippen LogP contribution in [0.15, 0.2) is 72.8 Å². The first kappa shape index (κ1) is 23.3. The van der Waals surface area contributed by atoms with E-state index in [4.69, 9.17) is 9.47 Å². The lowest BCUT2D eigenvalue weighted by molar-refractivity contribution is -0.136. The second-order valence-electron chi connectivity index (χ2n) is 9.49. The molecule has 2 amide bonds. The fraction of sp³-hybridized carbons (Fsp3) is 0.267. The van der Waals surface area contributed by atoms with E-state index >= 15 is 0 Å². The van der Waals surface area contributed by atoms with Crippen LogP contribution >= 0.6 is 0 Å². The molecule has 1 atom stereocenters. The predicted molar refractivity (Wildman–Crippen MR) is 142 cm³/mol. The Labute approximate surface area is 215 Å². The van der Waals surface area contributed by atoms with Gasteiger partial charge in [-0.2, -0.15) is 0 Å². The van der Waals surface area contributed by atoms with Gasteiger partial charge in [-0.1, -0.05) is 48.5 Å². The summed E-state index contributed by atoms with van der Waals surface area (Å²) in [7, 11) is 3.71. The van der Waals surface area contributed by atoms with Crippen molar-refractivity contribution in [2.75, 3.05) is 40.0 Å². The molecule has 7 heteroatoms. The van der Waals surface area contributed by atoms with Gasteiger partial charge in [-0.3, -0.25) is 9.59 Å². The minimum absolute atomic E-state index is 0.0128. The molecule has 37 heavy (non-hydrogen) atoms. The Kier molecular flexibility index (Phi) is 5.93. The van der Waals surface area contributed by atoms with Crippen molar-refractivity contribution in [2.45, 2.75) is 6.04 Å². The van der Waals surface area contributed by atoms with Gasteiger partial charge in [-0.15, -0.1) is 0 Å². The number of aryl methyl sites for hydroxylation is 1. The number of carbonyl (C=O) groups is 2. The van der Waals surface area contributed by atoms with E-state index in [1.165, 1.54) is 0 Å². The third kappa shape index (κ3) is 3.86. The summed E-state index contributed by atoms with van der Waals surface area (Å²) >= 11 is 0. The van der Waals surface area contributed by atoms with Crippen molar-refractivity contribution < 1.29 is 19.1 Å². The molecule has 3 aromatic carbocycles. The lowest BCUT2D eigenvalue weighted by Crippen LogP contribution is -2.46. The van der Waals surface area contributed by atoms with Gasteiger partial charge in [0.05, 0.1) is 32.1 Å². The first-order chi connectivity index (χ1) is 18.1. The van der Waals surface area contributed by atoms with Crippen molar-refractivity contribution in [3.05, 3.63) is 89.5 Å². The summed E-state index contributed by atoms with van der Waals surface area (Å²) in [5.74, 6) is 0.584. The normalized spacial score (nSPS) is 17.4. The molecule has 0 unspecified atom stereocenters. The number of rotatable bonds is 5. The number of hydrogen-bond donors (Lipinski definition) is 0. The highest BCUT2D eigenvalue weighted by Crippen LogP contribution is 2.46. The van der Waals surface area contributed by atoms with Crippen molar-refractivity contribution in [1.82, 2.24) is 14.4 Å². The quantitative estimate of drug-likeness (QED) is 0.415. The van der Waals surface area contributed by atoms with Gasteiger partial charge in [0, 0.05) is 47.7 Å². The molecule has 0 spiro atoms. The SMILES string of the molecule is COc1cccc(-c2c([C@@H]3c4ccccc4C(=O)N3CC(=O)N3CCOCC3)c3ccccc3n2C)c1. The van der Waals surface area contributed by atoms with Gasteiger partial charge >= 0.3 is 0 Å². The van der Waals surface area contributed by atoms with Crippen LogP contribution in [0.4, 0.5) is 0 Å². The Bertz CT molecular complexity index is 1500. The van der Waals surface area contributed by atoms with E-state index < -0.39 is 6.04 Å². The third-order valence-electron chi connectivity index (χ3n) is 7.49. The number of hydrogen-bond acceptors (Lipinski definition) is 4. The molecule has 7 nitrogen and oxygen atoms in total. The second kappa shape index (κ2) is 9.41. The van der Waals surface area contributed by atoms with E-state index in [1.54, 1.807) is 16.9 Å². The Morgan fingerprint density at radius 1 is 1.00 bits per heavy atom. The molecule has 0 N–H and O–H groups in total. The highest BCUT2D eigenvalue weighted by molar-refractivity contribution is 6.03. The topological polar surface area (TPSA) is 64.0 Å². The summed E-state index contributed by atoms with van der Waals surface area (Å²) in [4.78, 5) is 30.7.